The van der Waals surface area contributed by atoms with Crippen LogP contribution in [0.4, 0.5) is 0 Å². The zero-order valence-electron chi connectivity index (χ0n) is 4.27. The summed E-state index contributed by atoms with van der Waals surface area (Å²) in [5.41, 5.74) is 0.514. The van der Waals surface area contributed by atoms with Crippen LogP contribution in [0, 0.1) is 0 Å². The number of carbonyl (C=O) groups is 1. The maximum Gasteiger partial charge on any atom is 0.274 e. The molecule has 3 nitrogen and oxygen atoms in total. The Morgan fingerprint density at radius 2 is 2.22 bits per heavy atom. The predicted octanol–water partition coefficient (Wildman–Crippen LogP) is 0.267. The highest BCUT2D eigenvalue weighted by Gasteiger charge is 2.18. The minimum atomic E-state index is -0.158. The van der Waals surface area contributed by atoms with E-state index in [-0.39, 0.29) is 5.91 Å². The molecule has 0 radical (unpaired) electrons. The quantitative estimate of drug-likeness (QED) is 0.370. The van der Waals surface area contributed by atoms with Crippen LogP contribution in [0.2, 0.25) is 0 Å². The number of thiocarbonyl (C=S) groups is 1. The average Bonchev–Trinajstić information content (AvgIpc) is 2.10. The zero-order chi connectivity index (χ0) is 6.85. The number of nitrogens with one attached hydrogen (secondary N) is 2. The van der Waals surface area contributed by atoms with Crippen LogP contribution in [0.1, 0.15) is 0 Å². The molecule has 0 unspecified atom stereocenters. The maximum absolute atomic E-state index is 10.7. The summed E-state index contributed by atoms with van der Waals surface area (Å²) in [5.74, 6) is -0.158. The van der Waals surface area contributed by atoms with Gasteiger partial charge in [0, 0.05) is 4.08 Å². The van der Waals surface area contributed by atoms with Gasteiger partial charge in [-0.3, -0.25) is 10.1 Å². The molecule has 1 aliphatic rings. The zero-order valence-corrected chi connectivity index (χ0v) is 7.25. The van der Waals surface area contributed by atoms with E-state index >= 15 is 0 Å². The summed E-state index contributed by atoms with van der Waals surface area (Å²) in [7, 11) is 0. The molecule has 0 aromatic heterocycles. The molecular weight excluding hydrogens is 251 g/mol. The molecule has 0 aromatic rings. The van der Waals surface area contributed by atoms with E-state index in [0.29, 0.717) is 10.8 Å². The lowest BCUT2D eigenvalue weighted by molar-refractivity contribution is -0.115. The highest BCUT2D eigenvalue weighted by molar-refractivity contribution is 14.1. The monoisotopic (exact) mass is 254 g/mol. The Bertz CT molecular complexity index is 201. The number of rotatable bonds is 0. The van der Waals surface area contributed by atoms with Crippen LogP contribution in [0.3, 0.4) is 0 Å². The van der Waals surface area contributed by atoms with Gasteiger partial charge in [-0.2, -0.15) is 0 Å². The fourth-order valence-corrected chi connectivity index (χ4v) is 1.10. The van der Waals surface area contributed by atoms with Crippen molar-refractivity contribution < 1.29 is 4.79 Å². The molecule has 1 rings (SSSR count). The van der Waals surface area contributed by atoms with Crippen molar-refractivity contribution in [1.82, 2.24) is 10.6 Å². The van der Waals surface area contributed by atoms with Crippen molar-refractivity contribution in [3.63, 3.8) is 0 Å². The molecule has 1 fully saturated rings. The van der Waals surface area contributed by atoms with Gasteiger partial charge < -0.3 is 5.32 Å². The third-order valence-electron chi connectivity index (χ3n) is 0.829. The van der Waals surface area contributed by atoms with Crippen molar-refractivity contribution in [2.24, 2.45) is 0 Å². The van der Waals surface area contributed by atoms with Gasteiger partial charge in [-0.25, -0.2) is 0 Å². The van der Waals surface area contributed by atoms with Crippen molar-refractivity contribution in [2.75, 3.05) is 0 Å². The molecule has 2 N–H and O–H groups in total. The molecule has 0 saturated carbocycles. The number of amides is 1. The SMILES string of the molecule is O=C1NC(=S)N/C1=C\I. The predicted molar refractivity (Wildman–Crippen MR) is 46.0 cm³/mol. The first-order valence-corrected chi connectivity index (χ1v) is 3.82. The van der Waals surface area contributed by atoms with E-state index in [1.54, 1.807) is 4.08 Å². The summed E-state index contributed by atoms with van der Waals surface area (Å²) in [6.45, 7) is 0. The summed E-state index contributed by atoms with van der Waals surface area (Å²) in [4.78, 5) is 10.7. The molecule has 0 aromatic carbocycles. The molecule has 1 aliphatic heterocycles. The number of halogens is 1. The number of hydrogen-bond donors (Lipinski definition) is 2. The third kappa shape index (κ3) is 1.39. The van der Waals surface area contributed by atoms with E-state index < -0.39 is 0 Å². The molecular formula is C4H3IN2OS. The molecule has 1 heterocycles. The van der Waals surface area contributed by atoms with Crippen LogP contribution in [-0.2, 0) is 4.79 Å². The summed E-state index contributed by atoms with van der Waals surface area (Å²) in [5, 5.41) is 5.48. The van der Waals surface area contributed by atoms with Gasteiger partial charge in [0.05, 0.1) is 0 Å². The Balaban J connectivity index is 2.81. The van der Waals surface area contributed by atoms with E-state index in [2.05, 4.69) is 22.9 Å². The van der Waals surface area contributed by atoms with Crippen LogP contribution in [-0.4, -0.2) is 11.0 Å². The second kappa shape index (κ2) is 2.61. The van der Waals surface area contributed by atoms with E-state index in [1.807, 2.05) is 22.6 Å². The van der Waals surface area contributed by atoms with E-state index in [0.717, 1.165) is 0 Å². The summed E-state index contributed by atoms with van der Waals surface area (Å²) in [6, 6.07) is 0. The topological polar surface area (TPSA) is 41.1 Å². The lowest BCUT2D eigenvalue weighted by Crippen LogP contribution is -2.21. The Morgan fingerprint density at radius 1 is 1.56 bits per heavy atom. The Labute approximate surface area is 71.0 Å². The fourth-order valence-electron chi connectivity index (χ4n) is 0.458. The largest absolute Gasteiger partial charge is 0.327 e. The first-order chi connectivity index (χ1) is 4.24. The van der Waals surface area contributed by atoms with Crippen LogP contribution in [0.15, 0.2) is 9.78 Å². The van der Waals surface area contributed by atoms with Crippen molar-refractivity contribution in [1.29, 1.82) is 0 Å². The van der Waals surface area contributed by atoms with E-state index in [1.165, 1.54) is 0 Å². The van der Waals surface area contributed by atoms with Gasteiger partial charge in [0.15, 0.2) is 5.11 Å². The van der Waals surface area contributed by atoms with Gasteiger partial charge in [-0.1, -0.05) is 22.6 Å². The van der Waals surface area contributed by atoms with Gasteiger partial charge in [-0.15, -0.1) is 0 Å². The molecule has 0 aliphatic carbocycles. The summed E-state index contributed by atoms with van der Waals surface area (Å²) in [6.07, 6.45) is 0. The van der Waals surface area contributed by atoms with Crippen molar-refractivity contribution >= 4 is 45.8 Å². The van der Waals surface area contributed by atoms with Gasteiger partial charge in [0.25, 0.3) is 5.91 Å². The molecule has 1 saturated heterocycles. The number of carbonyl (C=O) groups excluding carboxylic acids is 1. The van der Waals surface area contributed by atoms with Gasteiger partial charge in [0.2, 0.25) is 0 Å². The molecule has 48 valence electrons. The van der Waals surface area contributed by atoms with Crippen molar-refractivity contribution in [2.45, 2.75) is 0 Å². The normalized spacial score (nSPS) is 22.1. The fraction of sp³-hybridized carbons (Fsp3) is 0. The van der Waals surface area contributed by atoms with Crippen LogP contribution in [0.5, 0.6) is 0 Å². The second-order valence-corrected chi connectivity index (χ2v) is 2.46. The summed E-state index contributed by atoms with van der Waals surface area (Å²) < 4.78 is 1.65. The van der Waals surface area contributed by atoms with Crippen LogP contribution >= 0.6 is 34.8 Å². The van der Waals surface area contributed by atoms with Crippen molar-refractivity contribution in [3.8, 4) is 0 Å². The molecule has 9 heavy (non-hydrogen) atoms. The van der Waals surface area contributed by atoms with E-state index in [4.69, 9.17) is 0 Å². The highest BCUT2D eigenvalue weighted by atomic mass is 127. The lowest BCUT2D eigenvalue weighted by atomic mass is 10.5. The highest BCUT2D eigenvalue weighted by Crippen LogP contribution is 2.00. The van der Waals surface area contributed by atoms with Gasteiger partial charge in [0.1, 0.15) is 5.70 Å². The van der Waals surface area contributed by atoms with Crippen LogP contribution in [0.25, 0.3) is 0 Å². The van der Waals surface area contributed by atoms with Crippen LogP contribution < -0.4 is 10.6 Å². The smallest absolute Gasteiger partial charge is 0.274 e. The minimum absolute atomic E-state index is 0.158. The maximum atomic E-state index is 10.7. The first kappa shape index (κ1) is 6.94. The molecule has 5 heteroatoms. The second-order valence-electron chi connectivity index (χ2n) is 1.43. The molecule has 0 bridgehead atoms. The molecule has 1 amide bonds. The third-order valence-corrected chi connectivity index (χ3v) is 1.66. The minimum Gasteiger partial charge on any atom is -0.327 e. The Morgan fingerprint density at radius 3 is 2.44 bits per heavy atom. The molecule has 0 atom stereocenters. The van der Waals surface area contributed by atoms with Crippen molar-refractivity contribution in [3.05, 3.63) is 9.78 Å². The van der Waals surface area contributed by atoms with Gasteiger partial charge in [-0.05, 0) is 12.2 Å². The lowest BCUT2D eigenvalue weighted by Gasteiger charge is -1.86. The van der Waals surface area contributed by atoms with E-state index in [9.17, 15) is 4.79 Å². The standard InChI is InChI=1S/C4H3IN2OS/c5-1-2-3(8)7-4(9)6-2/h1H,(H2,6,7,8,9)/b2-1-. The number of hydrogen-bond acceptors (Lipinski definition) is 2. The van der Waals surface area contributed by atoms with Gasteiger partial charge >= 0.3 is 0 Å². The first-order valence-electron chi connectivity index (χ1n) is 2.17. The Kier molecular flexibility index (Phi) is 2.01. The average molecular weight is 254 g/mol. The molecule has 0 spiro atoms. The Hall–Kier alpha value is -0.170. The summed E-state index contributed by atoms with van der Waals surface area (Å²) >= 11 is 6.62.